The molecule has 17 heavy (non-hydrogen) atoms. The summed E-state index contributed by atoms with van der Waals surface area (Å²) >= 11 is 0. The van der Waals surface area contributed by atoms with Gasteiger partial charge in [0.2, 0.25) is 6.41 Å². The molecule has 0 aromatic rings. The van der Waals surface area contributed by atoms with E-state index in [1.54, 1.807) is 0 Å². The van der Waals surface area contributed by atoms with E-state index in [0.29, 0.717) is 17.3 Å². The Bertz CT molecular complexity index is 209. The summed E-state index contributed by atoms with van der Waals surface area (Å²) in [6, 6.07) is 0. The van der Waals surface area contributed by atoms with Crippen LogP contribution in [0.25, 0.3) is 0 Å². The number of carbonyl (C=O) groups excluding carboxylic acids is 1. The molecule has 0 rings (SSSR count). The lowest BCUT2D eigenvalue weighted by Crippen LogP contribution is -2.30. The van der Waals surface area contributed by atoms with Crippen molar-refractivity contribution in [1.29, 1.82) is 0 Å². The first kappa shape index (κ1) is 16.5. The summed E-state index contributed by atoms with van der Waals surface area (Å²) in [6.07, 6.45) is 4.57. The molecule has 0 aromatic carbocycles. The number of nitrogens with one attached hydrogen (secondary N) is 1. The van der Waals surface area contributed by atoms with Crippen molar-refractivity contribution in [2.45, 2.75) is 60.8 Å². The summed E-state index contributed by atoms with van der Waals surface area (Å²) in [4.78, 5) is 10.4. The smallest absolute Gasteiger partial charge is 0.207 e. The summed E-state index contributed by atoms with van der Waals surface area (Å²) in [7, 11) is 0. The fourth-order valence-corrected chi connectivity index (χ4v) is 2.23. The SMILES string of the molecule is CC(C)CCC(C)(C)CC(CNC=O)C(C)C. The van der Waals surface area contributed by atoms with Gasteiger partial charge < -0.3 is 5.32 Å². The normalized spacial score (nSPS) is 14.1. The van der Waals surface area contributed by atoms with Crippen LogP contribution in [0.15, 0.2) is 0 Å². The van der Waals surface area contributed by atoms with Gasteiger partial charge in [-0.2, -0.15) is 0 Å². The van der Waals surface area contributed by atoms with Crippen LogP contribution in [0.5, 0.6) is 0 Å². The third kappa shape index (κ3) is 8.23. The standard InChI is InChI=1S/C15H31NO/c1-12(2)7-8-15(5,6)9-14(13(3)4)10-16-11-17/h11-14H,7-10H2,1-6H3,(H,16,17). The summed E-state index contributed by atoms with van der Waals surface area (Å²) in [5.41, 5.74) is 0.379. The van der Waals surface area contributed by atoms with Gasteiger partial charge in [0, 0.05) is 6.54 Å². The molecule has 0 fully saturated rings. The van der Waals surface area contributed by atoms with Crippen molar-refractivity contribution in [3.05, 3.63) is 0 Å². The molecule has 0 aliphatic heterocycles. The summed E-state index contributed by atoms with van der Waals surface area (Å²) < 4.78 is 0. The Morgan fingerprint density at radius 1 is 1.18 bits per heavy atom. The van der Waals surface area contributed by atoms with E-state index in [-0.39, 0.29) is 0 Å². The molecule has 1 unspecified atom stereocenters. The lowest BCUT2D eigenvalue weighted by molar-refractivity contribution is -0.109. The van der Waals surface area contributed by atoms with Gasteiger partial charge >= 0.3 is 0 Å². The predicted molar refractivity (Wildman–Crippen MR) is 74.9 cm³/mol. The Morgan fingerprint density at radius 3 is 2.18 bits per heavy atom. The molecule has 2 heteroatoms. The molecular weight excluding hydrogens is 210 g/mol. The zero-order valence-corrected chi connectivity index (χ0v) is 12.5. The minimum Gasteiger partial charge on any atom is -0.358 e. The van der Waals surface area contributed by atoms with Gasteiger partial charge in [-0.1, -0.05) is 48.0 Å². The molecule has 1 atom stereocenters. The zero-order chi connectivity index (χ0) is 13.5. The van der Waals surface area contributed by atoms with Crippen LogP contribution in [0.3, 0.4) is 0 Å². The first-order chi connectivity index (χ1) is 7.78. The molecule has 102 valence electrons. The number of hydrogen-bond donors (Lipinski definition) is 1. The second kappa shape index (κ2) is 7.73. The van der Waals surface area contributed by atoms with Crippen LogP contribution in [0.4, 0.5) is 0 Å². The van der Waals surface area contributed by atoms with E-state index in [0.717, 1.165) is 18.9 Å². The van der Waals surface area contributed by atoms with E-state index >= 15 is 0 Å². The van der Waals surface area contributed by atoms with E-state index in [1.165, 1.54) is 19.3 Å². The maximum absolute atomic E-state index is 10.4. The van der Waals surface area contributed by atoms with Crippen LogP contribution >= 0.6 is 0 Å². The molecule has 2 nitrogen and oxygen atoms in total. The van der Waals surface area contributed by atoms with E-state index < -0.39 is 0 Å². The van der Waals surface area contributed by atoms with Crippen LogP contribution in [-0.2, 0) is 4.79 Å². The first-order valence-corrected chi connectivity index (χ1v) is 6.95. The number of amides is 1. The largest absolute Gasteiger partial charge is 0.358 e. The van der Waals surface area contributed by atoms with Crippen LogP contribution in [-0.4, -0.2) is 13.0 Å². The lowest BCUT2D eigenvalue weighted by atomic mass is 9.75. The Hall–Kier alpha value is -0.530. The van der Waals surface area contributed by atoms with Crippen molar-refractivity contribution >= 4 is 6.41 Å². The Morgan fingerprint density at radius 2 is 1.76 bits per heavy atom. The van der Waals surface area contributed by atoms with Crippen molar-refractivity contribution in [3.63, 3.8) is 0 Å². The lowest BCUT2D eigenvalue weighted by Gasteiger charge is -2.32. The van der Waals surface area contributed by atoms with Crippen LogP contribution in [0, 0.1) is 23.2 Å². The molecule has 0 radical (unpaired) electrons. The third-order valence-corrected chi connectivity index (χ3v) is 3.62. The fourth-order valence-electron chi connectivity index (χ4n) is 2.23. The van der Waals surface area contributed by atoms with Gasteiger partial charge in [0.05, 0.1) is 0 Å². The topological polar surface area (TPSA) is 29.1 Å². The zero-order valence-electron chi connectivity index (χ0n) is 12.5. The average Bonchev–Trinajstić information content (AvgIpc) is 2.21. The second-order valence-corrected chi connectivity index (χ2v) is 6.83. The highest BCUT2D eigenvalue weighted by atomic mass is 16.1. The molecule has 0 saturated carbocycles. The number of hydrogen-bond acceptors (Lipinski definition) is 1. The van der Waals surface area contributed by atoms with Crippen molar-refractivity contribution < 1.29 is 4.79 Å². The molecule has 0 spiro atoms. The third-order valence-electron chi connectivity index (χ3n) is 3.62. The number of rotatable bonds is 9. The molecule has 0 bridgehead atoms. The van der Waals surface area contributed by atoms with Gasteiger partial charge in [0.15, 0.2) is 0 Å². The molecule has 0 aromatic heterocycles. The molecule has 0 heterocycles. The summed E-state index contributed by atoms with van der Waals surface area (Å²) in [5, 5.41) is 2.84. The summed E-state index contributed by atoms with van der Waals surface area (Å²) in [5.74, 6) is 1.99. The van der Waals surface area contributed by atoms with E-state index in [1.807, 2.05) is 0 Å². The van der Waals surface area contributed by atoms with Gasteiger partial charge in [-0.15, -0.1) is 0 Å². The highest BCUT2D eigenvalue weighted by Gasteiger charge is 2.25. The van der Waals surface area contributed by atoms with Crippen molar-refractivity contribution in [2.75, 3.05) is 6.54 Å². The van der Waals surface area contributed by atoms with Gasteiger partial charge in [0.25, 0.3) is 0 Å². The van der Waals surface area contributed by atoms with Crippen LogP contribution in [0.1, 0.15) is 60.8 Å². The van der Waals surface area contributed by atoms with Gasteiger partial charge in [-0.3, -0.25) is 4.79 Å². The molecule has 1 amide bonds. The fraction of sp³-hybridized carbons (Fsp3) is 0.933. The second-order valence-electron chi connectivity index (χ2n) is 6.83. The maximum atomic E-state index is 10.4. The molecule has 0 aliphatic rings. The van der Waals surface area contributed by atoms with E-state index in [2.05, 4.69) is 46.9 Å². The maximum Gasteiger partial charge on any atom is 0.207 e. The Labute approximate surface area is 108 Å². The first-order valence-electron chi connectivity index (χ1n) is 6.95. The molecule has 0 aliphatic carbocycles. The van der Waals surface area contributed by atoms with Crippen molar-refractivity contribution in [1.82, 2.24) is 5.32 Å². The van der Waals surface area contributed by atoms with Gasteiger partial charge in [-0.25, -0.2) is 0 Å². The molecule has 0 saturated heterocycles. The van der Waals surface area contributed by atoms with Gasteiger partial charge in [0.1, 0.15) is 0 Å². The minimum atomic E-state index is 0.379. The quantitative estimate of drug-likeness (QED) is 0.610. The highest BCUT2D eigenvalue weighted by molar-refractivity contribution is 5.45. The Balaban J connectivity index is 4.25. The van der Waals surface area contributed by atoms with Crippen LogP contribution < -0.4 is 5.32 Å². The molecular formula is C15H31NO. The van der Waals surface area contributed by atoms with Gasteiger partial charge in [-0.05, 0) is 36.0 Å². The Kier molecular flexibility index (Phi) is 7.49. The van der Waals surface area contributed by atoms with E-state index in [4.69, 9.17) is 0 Å². The molecule has 1 N–H and O–H groups in total. The van der Waals surface area contributed by atoms with Crippen molar-refractivity contribution in [3.8, 4) is 0 Å². The average molecular weight is 241 g/mol. The van der Waals surface area contributed by atoms with Crippen LogP contribution in [0.2, 0.25) is 0 Å². The monoisotopic (exact) mass is 241 g/mol. The van der Waals surface area contributed by atoms with E-state index in [9.17, 15) is 4.79 Å². The summed E-state index contributed by atoms with van der Waals surface area (Å²) in [6.45, 7) is 14.6. The number of carbonyl (C=O) groups is 1. The minimum absolute atomic E-state index is 0.379. The van der Waals surface area contributed by atoms with Crippen molar-refractivity contribution in [2.24, 2.45) is 23.2 Å². The predicted octanol–water partition coefficient (Wildman–Crippen LogP) is 3.86. The highest BCUT2D eigenvalue weighted by Crippen LogP contribution is 2.34.